The van der Waals surface area contributed by atoms with Crippen molar-refractivity contribution in [3.63, 3.8) is 0 Å². The Labute approximate surface area is 183 Å². The summed E-state index contributed by atoms with van der Waals surface area (Å²) in [6.45, 7) is 0. The Kier molecular flexibility index (Phi) is 8.10. The van der Waals surface area contributed by atoms with Crippen LogP contribution in [0.3, 0.4) is 0 Å². The van der Waals surface area contributed by atoms with E-state index in [1.807, 2.05) is 18.2 Å². The van der Waals surface area contributed by atoms with Gasteiger partial charge in [0.2, 0.25) is 5.88 Å². The van der Waals surface area contributed by atoms with Crippen molar-refractivity contribution in [3.05, 3.63) is 72.4 Å². The summed E-state index contributed by atoms with van der Waals surface area (Å²) in [7, 11) is 1.52. The lowest BCUT2D eigenvalue weighted by molar-refractivity contribution is -0.192. The molecule has 2 aromatic carbocycles. The number of halogens is 6. The van der Waals surface area contributed by atoms with Crippen LogP contribution in [0.4, 0.5) is 32.0 Å². The van der Waals surface area contributed by atoms with Gasteiger partial charge in [0.15, 0.2) is 5.69 Å². The summed E-state index contributed by atoms with van der Waals surface area (Å²) < 4.78 is 81.8. The quantitative estimate of drug-likeness (QED) is 0.419. The van der Waals surface area contributed by atoms with Gasteiger partial charge in [0.25, 0.3) is 0 Å². The number of hydrogen-bond donors (Lipinski definition) is 2. The highest BCUT2D eigenvalue weighted by Gasteiger charge is 2.38. The largest absolute Gasteiger partial charge is 0.490 e. The Morgan fingerprint density at radius 1 is 0.848 bits per heavy atom. The van der Waals surface area contributed by atoms with Crippen molar-refractivity contribution < 1.29 is 45.7 Å². The van der Waals surface area contributed by atoms with E-state index < -0.39 is 24.0 Å². The molecule has 0 amide bonds. The first-order chi connectivity index (χ1) is 15.4. The number of carboxylic acids is 1. The van der Waals surface area contributed by atoms with Gasteiger partial charge in [-0.2, -0.15) is 26.3 Å². The average molecular weight is 474 g/mol. The molecule has 0 saturated carbocycles. The third kappa shape index (κ3) is 8.24. The van der Waals surface area contributed by atoms with Crippen molar-refractivity contribution in [2.24, 2.45) is 0 Å². The third-order valence-corrected chi connectivity index (χ3v) is 3.63. The Bertz CT molecular complexity index is 1070. The highest BCUT2D eigenvalue weighted by molar-refractivity contribution is 5.73. The second kappa shape index (κ2) is 10.6. The molecule has 3 rings (SSSR count). The number of hydrogen-bond acceptors (Lipinski definition) is 5. The van der Waals surface area contributed by atoms with Gasteiger partial charge in [-0.1, -0.05) is 24.3 Å². The van der Waals surface area contributed by atoms with E-state index in [9.17, 15) is 26.3 Å². The smallest absolute Gasteiger partial charge is 0.475 e. The van der Waals surface area contributed by atoms with Crippen LogP contribution in [0, 0.1) is 0 Å². The van der Waals surface area contributed by atoms with Gasteiger partial charge in [-0.05, 0) is 30.3 Å². The van der Waals surface area contributed by atoms with Crippen molar-refractivity contribution in [1.82, 2.24) is 4.98 Å². The molecule has 0 saturated heterocycles. The van der Waals surface area contributed by atoms with Crippen molar-refractivity contribution in [2.75, 3.05) is 12.4 Å². The molecule has 0 aliphatic carbocycles. The molecule has 0 radical (unpaired) electrons. The molecule has 1 aromatic heterocycles. The lowest BCUT2D eigenvalue weighted by atomic mass is 10.3. The number of rotatable bonds is 5. The molecule has 0 fully saturated rings. The molecule has 2 N–H and O–H groups in total. The predicted octanol–water partition coefficient (Wildman–Crippen LogP) is 6.36. The van der Waals surface area contributed by atoms with Crippen molar-refractivity contribution >= 4 is 11.7 Å². The fourth-order valence-electron chi connectivity index (χ4n) is 2.19. The van der Waals surface area contributed by atoms with Gasteiger partial charge >= 0.3 is 18.3 Å². The minimum atomic E-state index is -5.08. The van der Waals surface area contributed by atoms with Crippen LogP contribution in [0.2, 0.25) is 0 Å². The number of carbonyl (C=O) groups is 1. The molecule has 0 unspecified atom stereocenters. The zero-order chi connectivity index (χ0) is 24.6. The minimum absolute atomic E-state index is 0.166. The van der Waals surface area contributed by atoms with Crippen LogP contribution >= 0.6 is 0 Å². The van der Waals surface area contributed by atoms with E-state index in [1.165, 1.54) is 13.1 Å². The Morgan fingerprint density at radius 3 is 1.91 bits per heavy atom. The SMILES string of the molecule is CNc1cc(Oc2cccc(Oc3ccccc3)c2)nc(C(F)(F)F)c1.O=C(O)C(F)(F)F. The van der Waals surface area contributed by atoms with E-state index in [0.29, 0.717) is 17.2 Å². The molecule has 0 spiro atoms. The number of anilines is 1. The van der Waals surface area contributed by atoms with E-state index in [4.69, 9.17) is 19.4 Å². The van der Waals surface area contributed by atoms with Gasteiger partial charge in [0.1, 0.15) is 17.2 Å². The third-order valence-electron chi connectivity index (χ3n) is 3.63. The van der Waals surface area contributed by atoms with Crippen molar-refractivity contribution in [2.45, 2.75) is 12.4 Å². The number of ether oxygens (including phenoxy) is 2. The number of para-hydroxylation sites is 1. The van der Waals surface area contributed by atoms with Gasteiger partial charge < -0.3 is 19.9 Å². The second-order valence-corrected chi connectivity index (χ2v) is 6.12. The Hall–Kier alpha value is -3.96. The van der Waals surface area contributed by atoms with Gasteiger partial charge in [-0.25, -0.2) is 9.78 Å². The fourth-order valence-corrected chi connectivity index (χ4v) is 2.19. The van der Waals surface area contributed by atoms with Crippen LogP contribution in [0.5, 0.6) is 23.1 Å². The minimum Gasteiger partial charge on any atom is -0.475 e. The predicted molar refractivity (Wildman–Crippen MR) is 106 cm³/mol. The van der Waals surface area contributed by atoms with Gasteiger partial charge in [0.05, 0.1) is 0 Å². The number of pyridine rings is 1. The second-order valence-electron chi connectivity index (χ2n) is 6.12. The molecule has 33 heavy (non-hydrogen) atoms. The van der Waals surface area contributed by atoms with Gasteiger partial charge in [0, 0.05) is 24.9 Å². The molecule has 3 aromatic rings. The number of nitrogens with zero attached hydrogens (tertiary/aromatic N) is 1. The van der Waals surface area contributed by atoms with E-state index in [1.54, 1.807) is 36.4 Å². The van der Waals surface area contributed by atoms with E-state index in [0.717, 1.165) is 6.07 Å². The molecule has 0 atom stereocenters. The molecule has 1 heterocycles. The first-order valence-electron chi connectivity index (χ1n) is 8.96. The lowest BCUT2D eigenvalue weighted by Gasteiger charge is -2.12. The number of aromatic nitrogens is 1. The van der Waals surface area contributed by atoms with Gasteiger partial charge in [-0.15, -0.1) is 0 Å². The number of aliphatic carboxylic acids is 1. The standard InChI is InChI=1S/C19H15F3N2O2.C2HF3O2/c1-23-13-10-17(19(20,21)22)24-18(11-13)26-16-9-5-8-15(12-16)25-14-6-3-2-4-7-14;3-2(4,5)1(6)7/h2-12H,1H3,(H,23,24);(H,6,7). The molecular formula is C21H16F6N2O4. The highest BCUT2D eigenvalue weighted by atomic mass is 19.4. The van der Waals surface area contributed by atoms with Crippen molar-refractivity contribution in [3.8, 4) is 23.1 Å². The summed E-state index contributed by atoms with van der Waals surface area (Å²) in [5, 5.41) is 9.79. The van der Waals surface area contributed by atoms with Crippen LogP contribution in [0.15, 0.2) is 66.7 Å². The maximum Gasteiger partial charge on any atom is 0.490 e. The number of alkyl halides is 6. The normalized spacial score (nSPS) is 11.1. The maximum atomic E-state index is 13.0. The lowest BCUT2D eigenvalue weighted by Crippen LogP contribution is -2.21. The fraction of sp³-hybridized carbons (Fsp3) is 0.143. The number of benzene rings is 2. The molecule has 6 nitrogen and oxygen atoms in total. The summed E-state index contributed by atoms with van der Waals surface area (Å²) in [5.74, 6) is -1.48. The van der Waals surface area contributed by atoms with Crippen LogP contribution in [-0.2, 0) is 11.0 Å². The molecular weight excluding hydrogens is 458 g/mol. The zero-order valence-corrected chi connectivity index (χ0v) is 16.7. The van der Waals surface area contributed by atoms with Crippen LogP contribution in [0.25, 0.3) is 0 Å². The molecule has 176 valence electrons. The van der Waals surface area contributed by atoms with Crippen molar-refractivity contribution in [1.29, 1.82) is 0 Å². The molecule has 0 bridgehead atoms. The topological polar surface area (TPSA) is 80.7 Å². The van der Waals surface area contributed by atoms with E-state index >= 15 is 0 Å². The summed E-state index contributed by atoms with van der Waals surface area (Å²) in [6.07, 6.45) is -9.65. The highest BCUT2D eigenvalue weighted by Crippen LogP contribution is 2.33. The molecule has 0 aliphatic heterocycles. The zero-order valence-electron chi connectivity index (χ0n) is 16.7. The number of nitrogens with one attached hydrogen (secondary N) is 1. The summed E-state index contributed by atoms with van der Waals surface area (Å²) in [5.41, 5.74) is -0.782. The monoisotopic (exact) mass is 474 g/mol. The van der Waals surface area contributed by atoms with Gasteiger partial charge in [-0.3, -0.25) is 0 Å². The summed E-state index contributed by atoms with van der Waals surface area (Å²) >= 11 is 0. The van der Waals surface area contributed by atoms with Crippen LogP contribution < -0.4 is 14.8 Å². The Balaban J connectivity index is 0.000000479. The van der Waals surface area contributed by atoms with E-state index in [-0.39, 0.29) is 11.6 Å². The maximum absolute atomic E-state index is 13.0. The molecule has 0 aliphatic rings. The first kappa shape index (κ1) is 25.3. The first-order valence-corrected chi connectivity index (χ1v) is 8.96. The number of carboxylic acid groups (broad SMARTS) is 1. The van der Waals surface area contributed by atoms with Crippen LogP contribution in [0.1, 0.15) is 5.69 Å². The average Bonchev–Trinajstić information content (AvgIpc) is 2.73. The summed E-state index contributed by atoms with van der Waals surface area (Å²) in [6, 6.07) is 18.0. The van der Waals surface area contributed by atoms with E-state index in [2.05, 4.69) is 10.3 Å². The summed E-state index contributed by atoms with van der Waals surface area (Å²) in [4.78, 5) is 12.4. The molecule has 12 heteroatoms. The Morgan fingerprint density at radius 2 is 1.39 bits per heavy atom. The van der Waals surface area contributed by atoms with Crippen LogP contribution in [-0.4, -0.2) is 29.3 Å².